The highest BCUT2D eigenvalue weighted by Crippen LogP contribution is 2.19. The Labute approximate surface area is 164 Å². The van der Waals surface area contributed by atoms with Gasteiger partial charge in [-0.2, -0.15) is 4.80 Å². The third kappa shape index (κ3) is 5.12. The van der Waals surface area contributed by atoms with Crippen molar-refractivity contribution in [2.45, 2.75) is 46.2 Å². The number of tetrazole rings is 1. The summed E-state index contributed by atoms with van der Waals surface area (Å²) in [4.78, 5) is 18.2. The van der Waals surface area contributed by atoms with Crippen LogP contribution in [0.25, 0.3) is 0 Å². The van der Waals surface area contributed by atoms with Gasteiger partial charge in [0.25, 0.3) is 0 Å². The predicted octanol–water partition coefficient (Wildman–Crippen LogP) is 3.04. The van der Waals surface area contributed by atoms with Crippen molar-refractivity contribution in [3.63, 3.8) is 0 Å². The number of pyridine rings is 1. The van der Waals surface area contributed by atoms with Crippen LogP contribution in [0.15, 0.2) is 42.6 Å². The number of nitrogens with one attached hydrogen (secondary N) is 2. The van der Waals surface area contributed by atoms with Crippen LogP contribution in [0.4, 0.5) is 10.5 Å². The first-order valence-electron chi connectivity index (χ1n) is 9.15. The molecule has 0 radical (unpaired) electrons. The predicted molar refractivity (Wildman–Crippen MR) is 107 cm³/mol. The number of carbonyl (C=O) groups is 1. The number of urea groups is 1. The molecule has 2 amide bonds. The zero-order chi connectivity index (χ0) is 20.1. The molecule has 146 valence electrons. The summed E-state index contributed by atoms with van der Waals surface area (Å²) in [5, 5.41) is 17.9. The molecule has 0 saturated heterocycles. The fourth-order valence-electron chi connectivity index (χ4n) is 2.55. The highest BCUT2D eigenvalue weighted by molar-refractivity contribution is 5.90. The molecule has 0 aliphatic rings. The molecule has 0 saturated carbocycles. The summed E-state index contributed by atoms with van der Waals surface area (Å²) in [5.41, 5.74) is 3.55. The Morgan fingerprint density at radius 1 is 1.18 bits per heavy atom. The highest BCUT2D eigenvalue weighted by Gasteiger charge is 2.17. The van der Waals surface area contributed by atoms with Crippen molar-refractivity contribution in [2.75, 3.05) is 5.32 Å². The van der Waals surface area contributed by atoms with Crippen LogP contribution in [0, 0.1) is 6.92 Å². The average Bonchev–Trinajstić information content (AvgIpc) is 3.13. The minimum absolute atomic E-state index is 0.203. The summed E-state index contributed by atoms with van der Waals surface area (Å²) < 4.78 is 0. The average molecular weight is 379 g/mol. The highest BCUT2D eigenvalue weighted by atomic mass is 16.2. The largest absolute Gasteiger partial charge is 0.330 e. The van der Waals surface area contributed by atoms with Gasteiger partial charge in [0, 0.05) is 24.0 Å². The van der Waals surface area contributed by atoms with E-state index in [0.717, 1.165) is 22.5 Å². The molecule has 0 unspecified atom stereocenters. The number of rotatable bonds is 5. The second-order valence-electron chi connectivity index (χ2n) is 7.62. The molecule has 0 fully saturated rings. The maximum absolute atomic E-state index is 12.3. The Bertz CT molecular complexity index is 945. The van der Waals surface area contributed by atoms with Crippen molar-refractivity contribution in [3.8, 4) is 0 Å². The minimum Gasteiger partial charge on any atom is -0.330 e. The zero-order valence-electron chi connectivity index (χ0n) is 16.6. The summed E-state index contributed by atoms with van der Waals surface area (Å²) in [6, 6.07) is 11.5. The Morgan fingerprint density at radius 2 is 2.00 bits per heavy atom. The van der Waals surface area contributed by atoms with Crippen LogP contribution in [0.2, 0.25) is 0 Å². The van der Waals surface area contributed by atoms with Gasteiger partial charge in [-0.05, 0) is 62.2 Å². The number of amides is 2. The number of hydrogen-bond donors (Lipinski definition) is 2. The zero-order valence-corrected chi connectivity index (χ0v) is 16.6. The third-order valence-corrected chi connectivity index (χ3v) is 4.12. The molecule has 8 nitrogen and oxygen atoms in total. The van der Waals surface area contributed by atoms with Crippen molar-refractivity contribution in [3.05, 3.63) is 65.2 Å². The van der Waals surface area contributed by atoms with E-state index in [2.05, 4.69) is 31.0 Å². The number of nitrogens with zero attached hydrogens (tertiary/aromatic N) is 5. The first-order chi connectivity index (χ1) is 13.3. The van der Waals surface area contributed by atoms with Gasteiger partial charge >= 0.3 is 6.03 Å². The van der Waals surface area contributed by atoms with Gasteiger partial charge in [0.05, 0.1) is 12.1 Å². The molecule has 3 rings (SSSR count). The molecule has 0 aliphatic heterocycles. The minimum atomic E-state index is -0.315. The lowest BCUT2D eigenvalue weighted by Gasteiger charge is -2.15. The summed E-state index contributed by atoms with van der Waals surface area (Å²) in [6.45, 7) is 8.11. The molecule has 3 aromatic rings. The van der Waals surface area contributed by atoms with E-state index in [9.17, 15) is 4.79 Å². The van der Waals surface area contributed by atoms with Crippen molar-refractivity contribution < 1.29 is 4.79 Å². The molecule has 0 atom stereocenters. The first-order valence-corrected chi connectivity index (χ1v) is 9.15. The Balaban J connectivity index is 1.60. The van der Waals surface area contributed by atoms with E-state index in [1.165, 1.54) is 4.80 Å². The van der Waals surface area contributed by atoms with E-state index in [4.69, 9.17) is 0 Å². The number of anilines is 1. The van der Waals surface area contributed by atoms with Crippen LogP contribution in [0.5, 0.6) is 0 Å². The second kappa shape index (κ2) is 8.16. The molecule has 8 heteroatoms. The molecule has 1 aromatic carbocycles. The Morgan fingerprint density at radius 3 is 2.68 bits per heavy atom. The standard InChI is InChI=1S/C20H25N7O/c1-14-8-9-15(11-16-7-5-6-10-21-16)12-17(14)23-19(28)22-13-18-24-26-27(25-18)20(2,3)4/h5-10,12H,11,13H2,1-4H3,(H2,22,23,28). The topological polar surface area (TPSA) is 97.6 Å². The van der Waals surface area contributed by atoms with E-state index < -0.39 is 0 Å². The smallest absolute Gasteiger partial charge is 0.319 e. The lowest BCUT2D eigenvalue weighted by Crippen LogP contribution is -2.29. The quantitative estimate of drug-likeness (QED) is 0.710. The molecular weight excluding hydrogens is 354 g/mol. The molecule has 2 aromatic heterocycles. The van der Waals surface area contributed by atoms with Crippen LogP contribution in [0.3, 0.4) is 0 Å². The SMILES string of the molecule is Cc1ccc(Cc2ccccn2)cc1NC(=O)NCc1nnn(C(C)(C)C)n1. The molecular formula is C20H25N7O. The van der Waals surface area contributed by atoms with Crippen molar-refractivity contribution >= 4 is 11.7 Å². The fourth-order valence-corrected chi connectivity index (χ4v) is 2.55. The first kappa shape index (κ1) is 19.5. The van der Waals surface area contributed by atoms with Crippen molar-refractivity contribution in [1.82, 2.24) is 30.5 Å². The molecule has 28 heavy (non-hydrogen) atoms. The van der Waals surface area contributed by atoms with Gasteiger partial charge in [-0.3, -0.25) is 4.98 Å². The van der Waals surface area contributed by atoms with E-state index in [1.54, 1.807) is 6.20 Å². The molecule has 0 spiro atoms. The van der Waals surface area contributed by atoms with E-state index in [0.29, 0.717) is 12.2 Å². The van der Waals surface area contributed by atoms with Gasteiger partial charge < -0.3 is 10.6 Å². The molecule has 2 N–H and O–H groups in total. The van der Waals surface area contributed by atoms with E-state index in [1.807, 2.05) is 64.1 Å². The summed E-state index contributed by atoms with van der Waals surface area (Å²) in [6.07, 6.45) is 2.48. The van der Waals surface area contributed by atoms with Crippen LogP contribution < -0.4 is 10.6 Å². The second-order valence-corrected chi connectivity index (χ2v) is 7.62. The monoisotopic (exact) mass is 379 g/mol. The molecule has 0 aliphatic carbocycles. The number of aryl methyl sites for hydroxylation is 1. The maximum atomic E-state index is 12.3. The molecule has 0 bridgehead atoms. The Hall–Kier alpha value is -3.29. The fraction of sp³-hybridized carbons (Fsp3) is 0.350. The van der Waals surface area contributed by atoms with Crippen molar-refractivity contribution in [1.29, 1.82) is 0 Å². The van der Waals surface area contributed by atoms with Gasteiger partial charge in [-0.15, -0.1) is 10.2 Å². The van der Waals surface area contributed by atoms with Gasteiger partial charge in [-0.1, -0.05) is 18.2 Å². The number of aromatic nitrogens is 5. The number of hydrogen-bond acceptors (Lipinski definition) is 5. The van der Waals surface area contributed by atoms with E-state index in [-0.39, 0.29) is 18.1 Å². The number of benzene rings is 1. The third-order valence-electron chi connectivity index (χ3n) is 4.12. The lowest BCUT2D eigenvalue weighted by atomic mass is 10.1. The van der Waals surface area contributed by atoms with Gasteiger partial charge in [0.15, 0.2) is 5.82 Å². The number of carbonyl (C=O) groups excluding carboxylic acids is 1. The maximum Gasteiger partial charge on any atom is 0.319 e. The normalized spacial score (nSPS) is 11.3. The molecule has 2 heterocycles. The summed E-state index contributed by atoms with van der Waals surface area (Å²) >= 11 is 0. The summed E-state index contributed by atoms with van der Waals surface area (Å²) in [5.74, 6) is 0.464. The van der Waals surface area contributed by atoms with E-state index >= 15 is 0 Å². The van der Waals surface area contributed by atoms with Crippen LogP contribution in [-0.2, 0) is 18.5 Å². The Kier molecular flexibility index (Phi) is 5.67. The van der Waals surface area contributed by atoms with Gasteiger partial charge in [-0.25, -0.2) is 4.79 Å². The van der Waals surface area contributed by atoms with Crippen LogP contribution >= 0.6 is 0 Å². The van der Waals surface area contributed by atoms with Crippen LogP contribution in [-0.4, -0.2) is 31.2 Å². The van der Waals surface area contributed by atoms with Gasteiger partial charge in [0.2, 0.25) is 0 Å². The lowest BCUT2D eigenvalue weighted by molar-refractivity contribution is 0.251. The van der Waals surface area contributed by atoms with Crippen molar-refractivity contribution in [2.24, 2.45) is 0 Å². The summed E-state index contributed by atoms with van der Waals surface area (Å²) in [7, 11) is 0. The van der Waals surface area contributed by atoms with Gasteiger partial charge in [0.1, 0.15) is 0 Å². The van der Waals surface area contributed by atoms with Crippen LogP contribution in [0.1, 0.15) is 43.4 Å².